The van der Waals surface area contributed by atoms with Gasteiger partial charge in [-0.3, -0.25) is 10.0 Å². The Kier molecular flexibility index (Phi) is 6.96. The van der Waals surface area contributed by atoms with Gasteiger partial charge in [-0.25, -0.2) is 4.79 Å². The molecule has 1 aromatic heterocycles. The summed E-state index contributed by atoms with van der Waals surface area (Å²) < 4.78 is 47.9. The number of alkyl carbamates (subject to hydrolysis) is 1. The van der Waals surface area contributed by atoms with E-state index in [1.165, 1.54) is 6.07 Å². The summed E-state index contributed by atoms with van der Waals surface area (Å²) in [5, 5.41) is 13.0. The number of carbonyl (C=O) groups is 2. The van der Waals surface area contributed by atoms with Gasteiger partial charge in [0.05, 0.1) is 18.4 Å². The van der Waals surface area contributed by atoms with Crippen LogP contribution in [0.4, 0.5) is 18.0 Å². The summed E-state index contributed by atoms with van der Waals surface area (Å²) in [5.41, 5.74) is -0.517. The van der Waals surface area contributed by atoms with Gasteiger partial charge in [0, 0.05) is 22.9 Å². The van der Waals surface area contributed by atoms with E-state index in [1.807, 2.05) is 13.8 Å². The number of hydrogen-bond donors (Lipinski definition) is 2. The summed E-state index contributed by atoms with van der Waals surface area (Å²) in [6, 6.07) is 0.989. The average Bonchev–Trinajstić information content (AvgIpc) is 3.09. The van der Waals surface area contributed by atoms with Crippen molar-refractivity contribution in [1.82, 2.24) is 10.2 Å². The van der Waals surface area contributed by atoms with Gasteiger partial charge in [-0.15, -0.1) is 13.2 Å². The maximum Gasteiger partial charge on any atom is 0.573 e. The molecule has 1 aromatic rings. The van der Waals surface area contributed by atoms with Gasteiger partial charge in [-0.1, -0.05) is 13.8 Å². The number of hydrogen-bond acceptors (Lipinski definition) is 5. The Balaban J connectivity index is 1.76. The van der Waals surface area contributed by atoms with Crippen molar-refractivity contribution in [3.05, 3.63) is 23.5 Å². The maximum atomic E-state index is 13.7. The SMILES string of the molecule is CC(C)[C@]1(C(=O)N2CCc3c(cc(OC(F)(F)F)c[n+]3O)C2)CC[C@@H](NC(=O)OC(C)(C)C)C1. The Morgan fingerprint density at radius 3 is 2.56 bits per heavy atom. The van der Waals surface area contributed by atoms with Crippen LogP contribution in [-0.4, -0.2) is 46.7 Å². The average molecular weight is 489 g/mol. The van der Waals surface area contributed by atoms with Crippen molar-refractivity contribution >= 4 is 12.0 Å². The number of alkyl halides is 3. The third-order valence-electron chi connectivity index (χ3n) is 6.52. The third kappa shape index (κ3) is 5.85. The molecule has 2 heterocycles. The molecule has 0 saturated heterocycles. The van der Waals surface area contributed by atoms with Gasteiger partial charge >= 0.3 is 12.5 Å². The van der Waals surface area contributed by atoms with Crippen molar-refractivity contribution in [2.45, 2.75) is 84.9 Å². The number of nitrogens with zero attached hydrogens (tertiary/aromatic N) is 2. The van der Waals surface area contributed by atoms with Crippen molar-refractivity contribution in [3.63, 3.8) is 0 Å². The van der Waals surface area contributed by atoms with E-state index in [1.54, 1.807) is 25.7 Å². The first-order valence-corrected chi connectivity index (χ1v) is 11.4. The first-order chi connectivity index (χ1) is 15.6. The Bertz CT molecular complexity index is 945. The van der Waals surface area contributed by atoms with Gasteiger partial charge in [0.25, 0.3) is 6.20 Å². The lowest BCUT2D eigenvalue weighted by atomic mass is 9.74. The standard InChI is InChI=1S/C23H32F3N3O5/c1-14(2)22(8-6-16(11-22)27-20(31)34-21(3,4)5)19(30)28-9-7-18-15(12-28)10-17(13-29(18)32)33-23(24,25)26/h10,13-14,16H,6-9,11-12H2,1-5H3,(H-,27,31,32)/p+1/t16-,22+/m1/s1. The molecule has 1 saturated carbocycles. The molecule has 34 heavy (non-hydrogen) atoms. The number of ether oxygens (including phenoxy) is 2. The molecule has 1 aliphatic heterocycles. The number of carbonyl (C=O) groups excluding carboxylic acids is 2. The Morgan fingerprint density at radius 1 is 1.29 bits per heavy atom. The quantitative estimate of drug-likeness (QED) is 0.498. The van der Waals surface area contributed by atoms with E-state index < -0.39 is 29.2 Å². The normalized spacial score (nSPS) is 23.0. The minimum Gasteiger partial charge on any atom is -0.444 e. The molecule has 0 radical (unpaired) electrons. The molecule has 0 bridgehead atoms. The van der Waals surface area contributed by atoms with Crippen LogP contribution in [0.1, 0.15) is 65.1 Å². The zero-order valence-electron chi connectivity index (χ0n) is 20.2. The molecule has 0 aromatic carbocycles. The fraction of sp³-hybridized carbons (Fsp3) is 0.696. The van der Waals surface area contributed by atoms with Crippen LogP contribution >= 0.6 is 0 Å². The minimum atomic E-state index is -4.90. The zero-order chi connectivity index (χ0) is 25.5. The highest BCUT2D eigenvalue weighted by Crippen LogP contribution is 2.46. The summed E-state index contributed by atoms with van der Waals surface area (Å²) >= 11 is 0. The summed E-state index contributed by atoms with van der Waals surface area (Å²) in [7, 11) is 0. The number of fused-ring (bicyclic) bond motifs is 1. The highest BCUT2D eigenvalue weighted by molar-refractivity contribution is 5.84. The molecule has 0 spiro atoms. The fourth-order valence-corrected chi connectivity index (χ4v) is 4.89. The molecule has 11 heteroatoms. The van der Waals surface area contributed by atoms with Crippen molar-refractivity contribution < 1.29 is 42.2 Å². The number of amides is 2. The lowest BCUT2D eigenvalue weighted by Crippen LogP contribution is -2.50. The van der Waals surface area contributed by atoms with Crippen LogP contribution in [0.15, 0.2) is 12.3 Å². The second-order valence-corrected chi connectivity index (χ2v) is 10.4. The lowest BCUT2D eigenvalue weighted by molar-refractivity contribution is -0.910. The monoisotopic (exact) mass is 488 g/mol. The van der Waals surface area contributed by atoms with Crippen LogP contribution in [0, 0.1) is 11.3 Å². The van der Waals surface area contributed by atoms with Crippen molar-refractivity contribution in [2.24, 2.45) is 11.3 Å². The van der Waals surface area contributed by atoms with E-state index in [4.69, 9.17) is 4.74 Å². The van der Waals surface area contributed by atoms with Crippen LogP contribution < -0.4 is 14.8 Å². The lowest BCUT2D eigenvalue weighted by Gasteiger charge is -2.39. The summed E-state index contributed by atoms with van der Waals surface area (Å²) in [4.78, 5) is 27.6. The molecule has 3 rings (SSSR count). The van der Waals surface area contributed by atoms with Crippen LogP contribution in [-0.2, 0) is 22.5 Å². The predicted octanol–water partition coefficient (Wildman–Crippen LogP) is 3.71. The maximum absolute atomic E-state index is 13.7. The van der Waals surface area contributed by atoms with Gasteiger partial charge in [0.15, 0.2) is 5.75 Å². The highest BCUT2D eigenvalue weighted by atomic mass is 19.4. The zero-order valence-corrected chi connectivity index (χ0v) is 20.2. The first-order valence-electron chi connectivity index (χ1n) is 11.4. The molecule has 190 valence electrons. The molecule has 2 amide bonds. The fourth-order valence-electron chi connectivity index (χ4n) is 4.89. The first kappa shape index (κ1) is 25.9. The number of rotatable bonds is 4. The second-order valence-electron chi connectivity index (χ2n) is 10.4. The molecule has 8 nitrogen and oxygen atoms in total. The van der Waals surface area contributed by atoms with Crippen LogP contribution in [0.3, 0.4) is 0 Å². The smallest absolute Gasteiger partial charge is 0.444 e. The summed E-state index contributed by atoms with van der Waals surface area (Å²) in [6.07, 6.45) is -2.63. The largest absolute Gasteiger partial charge is 0.573 e. The molecule has 1 fully saturated rings. The molecule has 2 aliphatic rings. The Morgan fingerprint density at radius 2 is 1.97 bits per heavy atom. The van der Waals surface area contributed by atoms with Gasteiger partial charge in [0.2, 0.25) is 11.6 Å². The molecule has 1 aliphatic carbocycles. The van der Waals surface area contributed by atoms with Gasteiger partial charge in [0.1, 0.15) is 5.60 Å². The van der Waals surface area contributed by atoms with E-state index in [0.29, 0.717) is 41.8 Å². The summed E-state index contributed by atoms with van der Waals surface area (Å²) in [6.45, 7) is 9.63. The van der Waals surface area contributed by atoms with E-state index in [-0.39, 0.29) is 30.8 Å². The molecule has 0 unspecified atom stereocenters. The Hall–Kier alpha value is -2.72. The van der Waals surface area contributed by atoms with E-state index in [0.717, 1.165) is 6.20 Å². The van der Waals surface area contributed by atoms with Crippen LogP contribution in [0.2, 0.25) is 0 Å². The van der Waals surface area contributed by atoms with Crippen LogP contribution in [0.5, 0.6) is 5.75 Å². The van der Waals surface area contributed by atoms with Gasteiger partial charge in [-0.05, 0) is 52.0 Å². The van der Waals surface area contributed by atoms with Gasteiger partial charge in [-0.2, -0.15) is 0 Å². The van der Waals surface area contributed by atoms with E-state index in [9.17, 15) is 28.0 Å². The Labute approximate surface area is 197 Å². The van der Waals surface area contributed by atoms with E-state index in [2.05, 4.69) is 10.1 Å². The topological polar surface area (TPSA) is 92.0 Å². The molecular weight excluding hydrogens is 455 g/mol. The third-order valence-corrected chi connectivity index (χ3v) is 6.52. The predicted molar refractivity (Wildman–Crippen MR) is 114 cm³/mol. The molecule has 2 N–H and O–H groups in total. The number of pyridine rings is 1. The van der Waals surface area contributed by atoms with Crippen molar-refractivity contribution in [2.75, 3.05) is 6.54 Å². The number of nitrogens with one attached hydrogen (secondary N) is 1. The number of aromatic nitrogens is 1. The van der Waals surface area contributed by atoms with Crippen LogP contribution in [0.25, 0.3) is 0 Å². The number of halogens is 3. The highest BCUT2D eigenvalue weighted by Gasteiger charge is 2.50. The molecular formula is C23H33F3N3O5+. The van der Waals surface area contributed by atoms with Crippen molar-refractivity contribution in [1.29, 1.82) is 0 Å². The van der Waals surface area contributed by atoms with E-state index >= 15 is 0 Å². The van der Waals surface area contributed by atoms with Crippen molar-refractivity contribution in [3.8, 4) is 5.75 Å². The summed E-state index contributed by atoms with van der Waals surface area (Å²) in [5.74, 6) is -0.674. The minimum absolute atomic E-state index is 0.0190. The molecule has 2 atom stereocenters. The van der Waals surface area contributed by atoms with Gasteiger partial charge < -0.3 is 19.7 Å². The second kappa shape index (κ2) is 9.14.